The molecule has 2 N–H and O–H groups in total. The lowest BCUT2D eigenvalue weighted by Gasteiger charge is -2.11. The molecule has 0 unspecified atom stereocenters. The minimum Gasteiger partial charge on any atom is -0.360 e. The number of hydrogen-bond donors (Lipinski definition) is 2. The summed E-state index contributed by atoms with van der Waals surface area (Å²) in [4.78, 5) is 3.24. The topological polar surface area (TPSA) is 27.8 Å². The van der Waals surface area contributed by atoms with E-state index in [9.17, 15) is 26.3 Å². The van der Waals surface area contributed by atoms with Crippen LogP contribution in [0.5, 0.6) is 0 Å². The van der Waals surface area contributed by atoms with Crippen LogP contribution in [0.2, 0.25) is 5.02 Å². The molecule has 3 aromatic rings. The minimum atomic E-state index is -4.99. The smallest absolute Gasteiger partial charge is 0.360 e. The van der Waals surface area contributed by atoms with E-state index in [0.29, 0.717) is 16.7 Å². The molecule has 0 aliphatic carbocycles. The predicted octanol–water partition coefficient (Wildman–Crippen LogP) is 6.89. The molecule has 2 nitrogen and oxygen atoms in total. The summed E-state index contributed by atoms with van der Waals surface area (Å²) in [5.74, 6) is -3.41. The van der Waals surface area contributed by atoms with Crippen LogP contribution in [0.15, 0.2) is 47.5 Å². The van der Waals surface area contributed by atoms with Gasteiger partial charge in [-0.1, -0.05) is 17.7 Å². The molecule has 27 heavy (non-hydrogen) atoms. The second-order valence-electron chi connectivity index (χ2n) is 5.36. The van der Waals surface area contributed by atoms with Crippen LogP contribution in [0.4, 0.5) is 32.0 Å². The molecule has 0 fully saturated rings. The Morgan fingerprint density at radius 2 is 1.70 bits per heavy atom. The Kier molecular flexibility index (Phi) is 5.34. The van der Waals surface area contributed by atoms with E-state index in [-0.39, 0.29) is 16.7 Å². The summed E-state index contributed by atoms with van der Waals surface area (Å²) in [5, 5.41) is 0.178. The van der Waals surface area contributed by atoms with Gasteiger partial charge in [-0.25, -0.2) is 13.2 Å². The average molecular weight is 423 g/mol. The number of benzene rings is 2. The Bertz CT molecular complexity index is 966. The number of H-pyrrole nitrogens is 1. The molecular formula is C17H9ClF6N2S. The van der Waals surface area contributed by atoms with Crippen molar-refractivity contribution in [2.45, 2.75) is 11.1 Å². The monoisotopic (exact) mass is 422 g/mol. The van der Waals surface area contributed by atoms with Gasteiger partial charge >= 0.3 is 6.18 Å². The molecule has 2 aromatic carbocycles. The quantitative estimate of drug-likeness (QED) is 0.354. The van der Waals surface area contributed by atoms with Crippen LogP contribution in [0.3, 0.4) is 0 Å². The van der Waals surface area contributed by atoms with Crippen LogP contribution in [0.25, 0.3) is 11.3 Å². The third-order valence-electron chi connectivity index (χ3n) is 3.53. The van der Waals surface area contributed by atoms with Crippen molar-refractivity contribution in [3.8, 4) is 11.3 Å². The lowest BCUT2D eigenvalue weighted by atomic mass is 10.1. The maximum absolute atomic E-state index is 13.9. The minimum absolute atomic E-state index is 0.0832. The Morgan fingerprint density at radius 3 is 2.37 bits per heavy atom. The fourth-order valence-corrected chi connectivity index (χ4v) is 3.23. The second-order valence-corrected chi connectivity index (χ2v) is 6.65. The number of halogens is 7. The van der Waals surface area contributed by atoms with Gasteiger partial charge in [0.05, 0.1) is 27.5 Å². The van der Waals surface area contributed by atoms with Gasteiger partial charge in [-0.15, -0.1) is 0 Å². The summed E-state index contributed by atoms with van der Waals surface area (Å²) < 4.78 is 81.4. The fraction of sp³-hybridized carbons (Fsp3) is 0.0588. The Balaban J connectivity index is 1.79. The summed E-state index contributed by atoms with van der Waals surface area (Å²) in [6.07, 6.45) is -3.54. The highest BCUT2D eigenvalue weighted by Crippen LogP contribution is 2.36. The highest BCUT2D eigenvalue weighted by Gasteiger charge is 2.35. The van der Waals surface area contributed by atoms with E-state index in [2.05, 4.69) is 9.71 Å². The molecule has 0 aliphatic heterocycles. The maximum Gasteiger partial charge on any atom is 0.419 e. The van der Waals surface area contributed by atoms with Gasteiger partial charge in [0, 0.05) is 17.2 Å². The van der Waals surface area contributed by atoms with Crippen molar-refractivity contribution in [1.29, 1.82) is 0 Å². The SMILES string of the molecule is Fc1cc(C(F)(F)F)c(F)cc1NSc1c[nH]c(-c2c(F)cccc2Cl)c1. The molecule has 10 heteroatoms. The molecule has 0 bridgehead atoms. The van der Waals surface area contributed by atoms with E-state index in [4.69, 9.17) is 11.6 Å². The predicted molar refractivity (Wildman–Crippen MR) is 92.0 cm³/mol. The Hall–Kier alpha value is -2.26. The molecule has 3 rings (SSSR count). The first-order valence-corrected chi connectivity index (χ1v) is 8.48. The molecule has 0 amide bonds. The first-order chi connectivity index (χ1) is 12.7. The first-order valence-electron chi connectivity index (χ1n) is 7.28. The van der Waals surface area contributed by atoms with Gasteiger partial charge in [0.1, 0.15) is 17.5 Å². The highest BCUT2D eigenvalue weighted by atomic mass is 35.5. The van der Waals surface area contributed by atoms with Crippen LogP contribution in [0, 0.1) is 17.5 Å². The third kappa shape index (κ3) is 4.19. The van der Waals surface area contributed by atoms with Gasteiger partial charge in [0.15, 0.2) is 0 Å². The van der Waals surface area contributed by atoms with Gasteiger partial charge in [-0.3, -0.25) is 0 Å². The summed E-state index contributed by atoms with van der Waals surface area (Å²) in [7, 11) is 0. The zero-order valence-corrected chi connectivity index (χ0v) is 14.7. The number of aromatic nitrogens is 1. The zero-order chi connectivity index (χ0) is 19.8. The molecule has 0 aliphatic rings. The fourth-order valence-electron chi connectivity index (χ4n) is 2.29. The normalized spacial score (nSPS) is 11.7. The van der Waals surface area contributed by atoms with Gasteiger partial charge in [-0.05, 0) is 36.2 Å². The second kappa shape index (κ2) is 7.40. The summed E-state index contributed by atoms with van der Waals surface area (Å²) >= 11 is 6.77. The first kappa shape index (κ1) is 19.5. The molecular weight excluding hydrogens is 414 g/mol. The van der Waals surface area contributed by atoms with Gasteiger partial charge in [0.25, 0.3) is 0 Å². The zero-order valence-electron chi connectivity index (χ0n) is 13.1. The van der Waals surface area contributed by atoms with Gasteiger partial charge < -0.3 is 9.71 Å². The van der Waals surface area contributed by atoms with Gasteiger partial charge in [-0.2, -0.15) is 13.2 Å². The largest absolute Gasteiger partial charge is 0.419 e. The molecule has 0 spiro atoms. The van der Waals surface area contributed by atoms with E-state index in [1.54, 1.807) is 0 Å². The number of hydrogen-bond acceptors (Lipinski definition) is 2. The van der Waals surface area contributed by atoms with Crippen LogP contribution >= 0.6 is 23.5 Å². The van der Waals surface area contributed by atoms with Crippen molar-refractivity contribution >= 4 is 29.2 Å². The number of rotatable bonds is 4. The highest BCUT2D eigenvalue weighted by molar-refractivity contribution is 8.00. The van der Waals surface area contributed by atoms with Gasteiger partial charge in [0.2, 0.25) is 0 Å². The van der Waals surface area contributed by atoms with E-state index in [0.717, 1.165) is 11.9 Å². The summed E-state index contributed by atoms with van der Waals surface area (Å²) in [6.45, 7) is 0. The number of aromatic amines is 1. The van der Waals surface area contributed by atoms with Crippen LogP contribution in [-0.2, 0) is 6.18 Å². The molecule has 0 atom stereocenters. The van der Waals surface area contributed by atoms with E-state index >= 15 is 0 Å². The van der Waals surface area contributed by atoms with Crippen molar-refractivity contribution in [2.24, 2.45) is 0 Å². The lowest BCUT2D eigenvalue weighted by Crippen LogP contribution is -2.09. The average Bonchev–Trinajstić information content (AvgIpc) is 3.02. The van der Waals surface area contributed by atoms with Crippen LogP contribution < -0.4 is 4.72 Å². The Labute approximate surface area is 158 Å². The Morgan fingerprint density at radius 1 is 0.963 bits per heavy atom. The molecule has 0 saturated heterocycles. The van der Waals surface area contributed by atoms with Crippen molar-refractivity contribution in [3.05, 3.63) is 70.6 Å². The number of alkyl halides is 3. The van der Waals surface area contributed by atoms with Crippen molar-refractivity contribution in [3.63, 3.8) is 0 Å². The van der Waals surface area contributed by atoms with E-state index < -0.39 is 34.9 Å². The molecule has 1 aromatic heterocycles. The molecule has 142 valence electrons. The summed E-state index contributed by atoms with van der Waals surface area (Å²) in [5.41, 5.74) is -1.66. The summed E-state index contributed by atoms with van der Waals surface area (Å²) in [6, 6.07) is 6.19. The van der Waals surface area contributed by atoms with Crippen LogP contribution in [-0.4, -0.2) is 4.98 Å². The van der Waals surface area contributed by atoms with Crippen molar-refractivity contribution in [2.75, 3.05) is 4.72 Å². The molecule has 1 heterocycles. The third-order valence-corrected chi connectivity index (χ3v) is 4.64. The standard InChI is InChI=1S/C17H9ClF6N2S/c18-10-2-1-3-11(19)16(10)15-4-8(7-25-15)27-26-14-6-12(20)9(5-13(14)21)17(22,23)24/h1-7,25-26H. The van der Waals surface area contributed by atoms with E-state index in [1.807, 2.05) is 0 Å². The van der Waals surface area contributed by atoms with Crippen molar-refractivity contribution in [1.82, 2.24) is 4.98 Å². The van der Waals surface area contributed by atoms with E-state index in [1.165, 1.54) is 30.5 Å². The lowest BCUT2D eigenvalue weighted by molar-refractivity contribution is -0.140. The molecule has 0 saturated carbocycles. The molecule has 0 radical (unpaired) electrons. The van der Waals surface area contributed by atoms with Crippen molar-refractivity contribution < 1.29 is 26.3 Å². The number of anilines is 1. The maximum atomic E-state index is 13.9. The number of nitrogens with one attached hydrogen (secondary N) is 2. The van der Waals surface area contributed by atoms with Crippen LogP contribution in [0.1, 0.15) is 5.56 Å².